The Labute approximate surface area is 153 Å². The minimum atomic E-state index is -1.07. The minimum Gasteiger partial charge on any atom is -0.480 e. The van der Waals surface area contributed by atoms with Crippen LogP contribution in [0, 0.1) is 5.92 Å². The van der Waals surface area contributed by atoms with Crippen LogP contribution in [-0.4, -0.2) is 46.6 Å². The molecule has 2 atom stereocenters. The SMILES string of the molecule is CC(C)C[C@H](NC(=O)[C@H]1CCCN1C(=O)OCc1ccccc1)C(=O)O. The Morgan fingerprint density at radius 3 is 2.58 bits per heavy atom. The van der Waals surface area contributed by atoms with Crippen molar-refractivity contribution in [3.63, 3.8) is 0 Å². The summed E-state index contributed by atoms with van der Waals surface area (Å²) in [6, 6.07) is 7.65. The number of likely N-dealkylation sites (tertiary alicyclic amines) is 1. The Balaban J connectivity index is 1.94. The summed E-state index contributed by atoms with van der Waals surface area (Å²) in [7, 11) is 0. The Morgan fingerprint density at radius 1 is 1.27 bits per heavy atom. The van der Waals surface area contributed by atoms with E-state index < -0.39 is 30.1 Å². The summed E-state index contributed by atoms with van der Waals surface area (Å²) >= 11 is 0. The fourth-order valence-electron chi connectivity index (χ4n) is 3.02. The molecule has 1 aliphatic heterocycles. The first-order valence-corrected chi connectivity index (χ1v) is 8.89. The number of nitrogens with zero attached hydrogens (tertiary/aromatic N) is 1. The highest BCUT2D eigenvalue weighted by atomic mass is 16.6. The molecular formula is C19H26N2O5. The van der Waals surface area contributed by atoms with Crippen molar-refractivity contribution < 1.29 is 24.2 Å². The highest BCUT2D eigenvalue weighted by molar-refractivity contribution is 5.89. The lowest BCUT2D eigenvalue weighted by molar-refractivity contribution is -0.142. The molecule has 7 nitrogen and oxygen atoms in total. The zero-order chi connectivity index (χ0) is 19.1. The van der Waals surface area contributed by atoms with Crippen molar-refractivity contribution in [3.05, 3.63) is 35.9 Å². The third-order valence-corrected chi connectivity index (χ3v) is 4.32. The summed E-state index contributed by atoms with van der Waals surface area (Å²) in [6.07, 6.45) is 0.967. The number of carboxylic acids is 1. The molecule has 2 N–H and O–H groups in total. The molecule has 1 saturated heterocycles. The topological polar surface area (TPSA) is 95.9 Å². The molecule has 0 bridgehead atoms. The van der Waals surface area contributed by atoms with Crippen molar-refractivity contribution >= 4 is 18.0 Å². The van der Waals surface area contributed by atoms with Crippen molar-refractivity contribution in [2.24, 2.45) is 5.92 Å². The molecule has 0 radical (unpaired) electrons. The number of nitrogens with one attached hydrogen (secondary N) is 1. The predicted octanol–water partition coefficient (Wildman–Crippen LogP) is 2.40. The van der Waals surface area contributed by atoms with E-state index in [1.807, 2.05) is 44.2 Å². The van der Waals surface area contributed by atoms with Crippen molar-refractivity contribution in [1.82, 2.24) is 10.2 Å². The van der Waals surface area contributed by atoms with Crippen LogP contribution in [-0.2, 0) is 20.9 Å². The van der Waals surface area contributed by atoms with E-state index >= 15 is 0 Å². The van der Waals surface area contributed by atoms with Crippen molar-refractivity contribution in [3.8, 4) is 0 Å². The van der Waals surface area contributed by atoms with Gasteiger partial charge in [-0.1, -0.05) is 44.2 Å². The van der Waals surface area contributed by atoms with Gasteiger partial charge in [-0.05, 0) is 30.7 Å². The highest BCUT2D eigenvalue weighted by Crippen LogP contribution is 2.19. The normalized spacial score (nSPS) is 17.8. The van der Waals surface area contributed by atoms with E-state index in [0.29, 0.717) is 25.8 Å². The van der Waals surface area contributed by atoms with Crippen LogP contribution in [0.4, 0.5) is 4.79 Å². The number of ether oxygens (including phenoxy) is 1. The molecule has 1 heterocycles. The fraction of sp³-hybridized carbons (Fsp3) is 0.526. The Kier molecular flexibility index (Phi) is 7.00. The zero-order valence-electron chi connectivity index (χ0n) is 15.2. The molecule has 1 aromatic carbocycles. The number of rotatable bonds is 7. The number of benzene rings is 1. The monoisotopic (exact) mass is 362 g/mol. The summed E-state index contributed by atoms with van der Waals surface area (Å²) in [4.78, 5) is 37.6. The van der Waals surface area contributed by atoms with Crippen molar-refractivity contribution in [1.29, 1.82) is 0 Å². The van der Waals surface area contributed by atoms with E-state index in [9.17, 15) is 19.5 Å². The first-order valence-electron chi connectivity index (χ1n) is 8.89. The van der Waals surface area contributed by atoms with Crippen molar-refractivity contribution in [2.75, 3.05) is 6.54 Å². The minimum absolute atomic E-state index is 0.131. The molecule has 0 unspecified atom stereocenters. The van der Waals surface area contributed by atoms with Crippen LogP contribution in [0.25, 0.3) is 0 Å². The highest BCUT2D eigenvalue weighted by Gasteiger charge is 2.36. The molecule has 0 aromatic heterocycles. The zero-order valence-corrected chi connectivity index (χ0v) is 15.2. The number of amides is 2. The number of hydrogen-bond acceptors (Lipinski definition) is 4. The second kappa shape index (κ2) is 9.22. The maximum absolute atomic E-state index is 12.5. The smallest absolute Gasteiger partial charge is 0.410 e. The third kappa shape index (κ3) is 5.47. The maximum Gasteiger partial charge on any atom is 0.410 e. The Hall–Kier alpha value is -2.57. The summed E-state index contributed by atoms with van der Waals surface area (Å²) in [6.45, 7) is 4.35. The van der Waals surface area contributed by atoms with Crippen LogP contribution < -0.4 is 5.32 Å². The maximum atomic E-state index is 12.5. The predicted molar refractivity (Wildman–Crippen MR) is 95.4 cm³/mol. The molecule has 0 aliphatic carbocycles. The summed E-state index contributed by atoms with van der Waals surface area (Å²) in [5.74, 6) is -1.37. The number of carbonyl (C=O) groups is 3. The molecule has 0 saturated carbocycles. The molecule has 26 heavy (non-hydrogen) atoms. The molecule has 0 spiro atoms. The molecule has 142 valence electrons. The quantitative estimate of drug-likeness (QED) is 0.776. The lowest BCUT2D eigenvalue weighted by Crippen LogP contribution is -2.51. The standard InChI is InChI=1S/C19H26N2O5/c1-13(2)11-15(18(23)24)20-17(22)16-9-6-10-21(16)19(25)26-12-14-7-4-3-5-8-14/h3-5,7-8,13,15-16H,6,9-12H2,1-2H3,(H,20,22)(H,23,24)/t15-,16+/m0/s1. The number of carboxylic acid groups (broad SMARTS) is 1. The van der Waals surface area contributed by atoms with Gasteiger partial charge in [-0.2, -0.15) is 0 Å². The first kappa shape index (κ1) is 19.8. The average Bonchev–Trinajstić information content (AvgIpc) is 3.09. The van der Waals surface area contributed by atoms with Gasteiger partial charge in [0.05, 0.1) is 0 Å². The number of hydrogen-bond donors (Lipinski definition) is 2. The van der Waals surface area contributed by atoms with Crippen LogP contribution in [0.5, 0.6) is 0 Å². The molecule has 1 fully saturated rings. The van der Waals surface area contributed by atoms with E-state index in [-0.39, 0.29) is 12.5 Å². The second-order valence-corrected chi connectivity index (χ2v) is 6.92. The summed E-state index contributed by atoms with van der Waals surface area (Å²) in [5.41, 5.74) is 0.865. The van der Waals surface area contributed by atoms with Gasteiger partial charge in [0.25, 0.3) is 0 Å². The van der Waals surface area contributed by atoms with E-state index in [2.05, 4.69) is 5.32 Å². The second-order valence-electron chi connectivity index (χ2n) is 6.92. The van der Waals surface area contributed by atoms with Gasteiger partial charge in [-0.15, -0.1) is 0 Å². The van der Waals surface area contributed by atoms with Gasteiger partial charge in [0.2, 0.25) is 5.91 Å². The molecule has 1 aromatic rings. The van der Waals surface area contributed by atoms with E-state index in [0.717, 1.165) is 5.56 Å². The third-order valence-electron chi connectivity index (χ3n) is 4.32. The first-order chi connectivity index (χ1) is 12.4. The van der Waals surface area contributed by atoms with Gasteiger partial charge in [0.1, 0.15) is 18.7 Å². The van der Waals surface area contributed by atoms with Crippen LogP contribution in [0.3, 0.4) is 0 Å². The van der Waals surface area contributed by atoms with Gasteiger partial charge in [-0.3, -0.25) is 9.69 Å². The Bertz CT molecular complexity index is 632. The van der Waals surface area contributed by atoms with Crippen molar-refractivity contribution in [2.45, 2.75) is 51.8 Å². The van der Waals surface area contributed by atoms with Crippen LogP contribution in [0.1, 0.15) is 38.7 Å². The van der Waals surface area contributed by atoms with Crippen LogP contribution >= 0.6 is 0 Å². The average molecular weight is 362 g/mol. The van der Waals surface area contributed by atoms with Crippen LogP contribution in [0.15, 0.2) is 30.3 Å². The van der Waals surface area contributed by atoms with Gasteiger partial charge in [0, 0.05) is 6.54 Å². The molecule has 7 heteroatoms. The van der Waals surface area contributed by atoms with E-state index in [4.69, 9.17) is 4.74 Å². The van der Waals surface area contributed by atoms with E-state index in [1.54, 1.807) is 0 Å². The van der Waals surface area contributed by atoms with Gasteiger partial charge >= 0.3 is 12.1 Å². The lowest BCUT2D eigenvalue weighted by atomic mass is 10.0. The fourth-order valence-corrected chi connectivity index (χ4v) is 3.02. The molecular weight excluding hydrogens is 336 g/mol. The van der Waals surface area contributed by atoms with E-state index in [1.165, 1.54) is 4.90 Å². The largest absolute Gasteiger partial charge is 0.480 e. The molecule has 1 aliphatic rings. The molecule has 2 amide bonds. The lowest BCUT2D eigenvalue weighted by Gasteiger charge is -2.25. The summed E-state index contributed by atoms with van der Waals surface area (Å²) in [5, 5.41) is 11.8. The van der Waals surface area contributed by atoms with Crippen LogP contribution in [0.2, 0.25) is 0 Å². The van der Waals surface area contributed by atoms with Gasteiger partial charge < -0.3 is 15.2 Å². The summed E-state index contributed by atoms with van der Waals surface area (Å²) < 4.78 is 5.30. The van der Waals surface area contributed by atoms with Gasteiger partial charge in [0.15, 0.2) is 0 Å². The molecule has 2 rings (SSSR count). The number of carbonyl (C=O) groups excluding carboxylic acids is 2. The number of aliphatic carboxylic acids is 1. The van der Waals surface area contributed by atoms with Gasteiger partial charge in [-0.25, -0.2) is 9.59 Å². The Morgan fingerprint density at radius 2 is 1.96 bits per heavy atom.